The first-order chi connectivity index (χ1) is 5.56. The first kappa shape index (κ1) is 11.7. The van der Waals surface area contributed by atoms with Crippen LogP contribution in [-0.2, 0) is 4.79 Å². The molecule has 0 rings (SSSR count). The molecule has 0 saturated carbocycles. The molecule has 0 aromatic heterocycles. The Morgan fingerprint density at radius 3 is 2.67 bits per heavy atom. The third-order valence-corrected chi connectivity index (χ3v) is 2.65. The van der Waals surface area contributed by atoms with Crippen LogP contribution >= 0.6 is 11.8 Å². The SMILES string of the molecule is CC(CN)SCC(O)CC(=O)O. The molecule has 0 aromatic carbocycles. The number of aliphatic hydroxyl groups is 1. The Hall–Kier alpha value is -0.260. The van der Waals surface area contributed by atoms with E-state index >= 15 is 0 Å². The fraction of sp³-hybridized carbons (Fsp3) is 0.857. The molecule has 0 saturated heterocycles. The van der Waals surface area contributed by atoms with Crippen LogP contribution in [0.5, 0.6) is 0 Å². The van der Waals surface area contributed by atoms with E-state index in [0.717, 1.165) is 0 Å². The molecule has 12 heavy (non-hydrogen) atoms. The molecule has 4 nitrogen and oxygen atoms in total. The van der Waals surface area contributed by atoms with Crippen LogP contribution in [0.25, 0.3) is 0 Å². The van der Waals surface area contributed by atoms with Crippen LogP contribution in [0.4, 0.5) is 0 Å². The van der Waals surface area contributed by atoms with E-state index in [1.165, 1.54) is 11.8 Å². The molecule has 0 spiro atoms. The maximum atomic E-state index is 10.1. The number of carbonyl (C=O) groups is 1. The van der Waals surface area contributed by atoms with Crippen LogP contribution in [0.1, 0.15) is 13.3 Å². The maximum Gasteiger partial charge on any atom is 0.306 e. The van der Waals surface area contributed by atoms with E-state index in [-0.39, 0.29) is 11.7 Å². The highest BCUT2D eigenvalue weighted by atomic mass is 32.2. The highest BCUT2D eigenvalue weighted by Crippen LogP contribution is 2.11. The van der Waals surface area contributed by atoms with Gasteiger partial charge in [0.05, 0.1) is 12.5 Å². The zero-order chi connectivity index (χ0) is 9.56. The summed E-state index contributed by atoms with van der Waals surface area (Å²) in [5.41, 5.74) is 5.34. The molecule has 0 fully saturated rings. The van der Waals surface area contributed by atoms with Gasteiger partial charge in [-0.25, -0.2) is 0 Å². The van der Waals surface area contributed by atoms with Crippen molar-refractivity contribution in [2.45, 2.75) is 24.7 Å². The molecule has 2 unspecified atom stereocenters. The van der Waals surface area contributed by atoms with Crippen molar-refractivity contribution in [1.29, 1.82) is 0 Å². The molecule has 5 heteroatoms. The molecule has 72 valence electrons. The number of carboxylic acid groups (broad SMARTS) is 1. The van der Waals surface area contributed by atoms with Crippen molar-refractivity contribution in [3.05, 3.63) is 0 Å². The van der Waals surface area contributed by atoms with Crippen molar-refractivity contribution in [3.8, 4) is 0 Å². The summed E-state index contributed by atoms with van der Waals surface area (Å²) < 4.78 is 0. The van der Waals surface area contributed by atoms with Gasteiger partial charge < -0.3 is 15.9 Å². The Labute approximate surface area is 76.1 Å². The van der Waals surface area contributed by atoms with Crippen LogP contribution in [0.15, 0.2) is 0 Å². The number of nitrogens with two attached hydrogens (primary N) is 1. The highest BCUT2D eigenvalue weighted by molar-refractivity contribution is 7.99. The first-order valence-corrected chi connectivity index (χ1v) is 4.82. The molecule has 2 atom stereocenters. The summed E-state index contributed by atoms with van der Waals surface area (Å²) in [6.45, 7) is 2.49. The summed E-state index contributed by atoms with van der Waals surface area (Å²) in [5.74, 6) is -0.534. The zero-order valence-electron chi connectivity index (χ0n) is 7.06. The maximum absolute atomic E-state index is 10.1. The second kappa shape index (κ2) is 6.28. The first-order valence-electron chi connectivity index (χ1n) is 3.77. The summed E-state index contributed by atoms with van der Waals surface area (Å²) in [5, 5.41) is 17.7. The Morgan fingerprint density at radius 2 is 2.25 bits per heavy atom. The Morgan fingerprint density at radius 1 is 1.67 bits per heavy atom. The summed E-state index contributed by atoms with van der Waals surface area (Å²) in [4.78, 5) is 10.1. The van der Waals surface area contributed by atoms with Gasteiger partial charge in [-0.3, -0.25) is 4.79 Å². The smallest absolute Gasteiger partial charge is 0.306 e. The molecule has 0 aliphatic rings. The van der Waals surface area contributed by atoms with Gasteiger partial charge in [-0.05, 0) is 0 Å². The molecule has 0 amide bonds. The number of thioether (sulfide) groups is 1. The Balaban J connectivity index is 3.43. The highest BCUT2D eigenvalue weighted by Gasteiger charge is 2.10. The van der Waals surface area contributed by atoms with Gasteiger partial charge >= 0.3 is 5.97 Å². The van der Waals surface area contributed by atoms with Crippen LogP contribution in [-0.4, -0.2) is 39.8 Å². The minimum absolute atomic E-state index is 0.190. The molecule has 0 aliphatic carbocycles. The van der Waals surface area contributed by atoms with Crippen molar-refractivity contribution < 1.29 is 15.0 Å². The van der Waals surface area contributed by atoms with Gasteiger partial charge in [0.15, 0.2) is 0 Å². The number of carboxylic acids is 1. The van der Waals surface area contributed by atoms with Crippen LogP contribution in [0.2, 0.25) is 0 Å². The van der Waals surface area contributed by atoms with Gasteiger partial charge in [0.2, 0.25) is 0 Å². The van der Waals surface area contributed by atoms with E-state index in [0.29, 0.717) is 12.3 Å². The van der Waals surface area contributed by atoms with Gasteiger partial charge in [0.25, 0.3) is 0 Å². The van der Waals surface area contributed by atoms with E-state index in [9.17, 15) is 4.79 Å². The lowest BCUT2D eigenvalue weighted by molar-refractivity contribution is -0.138. The normalized spacial score (nSPS) is 15.6. The lowest BCUT2D eigenvalue weighted by Crippen LogP contribution is -2.19. The average Bonchev–Trinajstić information content (AvgIpc) is 1.99. The standard InChI is InChI=1S/C7H15NO3S/c1-5(3-8)12-4-6(9)2-7(10)11/h5-6,9H,2-4,8H2,1H3,(H,10,11). The Bertz CT molecular complexity index is 143. The summed E-state index contributed by atoms with van der Waals surface area (Å²) >= 11 is 1.49. The monoisotopic (exact) mass is 193 g/mol. The molecule has 0 heterocycles. The lowest BCUT2D eigenvalue weighted by Gasteiger charge is -2.11. The number of aliphatic carboxylic acids is 1. The molecule has 0 radical (unpaired) electrons. The minimum Gasteiger partial charge on any atom is -0.481 e. The molecular weight excluding hydrogens is 178 g/mol. The molecule has 0 bridgehead atoms. The number of hydrogen-bond acceptors (Lipinski definition) is 4. The number of rotatable bonds is 6. The molecule has 0 aromatic rings. The second-order valence-electron chi connectivity index (χ2n) is 2.63. The van der Waals surface area contributed by atoms with Crippen LogP contribution in [0, 0.1) is 0 Å². The van der Waals surface area contributed by atoms with Crippen molar-refractivity contribution >= 4 is 17.7 Å². The number of hydrogen-bond donors (Lipinski definition) is 3. The molecule has 4 N–H and O–H groups in total. The van der Waals surface area contributed by atoms with Crippen molar-refractivity contribution in [2.24, 2.45) is 5.73 Å². The third-order valence-electron chi connectivity index (χ3n) is 1.32. The Kier molecular flexibility index (Phi) is 6.14. The van der Waals surface area contributed by atoms with Crippen molar-refractivity contribution in [3.63, 3.8) is 0 Å². The zero-order valence-corrected chi connectivity index (χ0v) is 7.88. The fourth-order valence-electron chi connectivity index (χ4n) is 0.604. The fourth-order valence-corrected chi connectivity index (χ4v) is 1.41. The van der Waals surface area contributed by atoms with Gasteiger partial charge in [0, 0.05) is 17.5 Å². The van der Waals surface area contributed by atoms with Gasteiger partial charge in [-0.2, -0.15) is 11.8 Å². The second-order valence-corrected chi connectivity index (χ2v) is 4.10. The van der Waals surface area contributed by atoms with E-state index in [1.807, 2.05) is 6.92 Å². The van der Waals surface area contributed by atoms with Crippen molar-refractivity contribution in [2.75, 3.05) is 12.3 Å². The summed E-state index contributed by atoms with van der Waals surface area (Å²) in [6.07, 6.45) is -0.953. The van der Waals surface area contributed by atoms with Crippen LogP contribution < -0.4 is 5.73 Å². The van der Waals surface area contributed by atoms with E-state index < -0.39 is 12.1 Å². The van der Waals surface area contributed by atoms with E-state index in [2.05, 4.69) is 0 Å². The third kappa shape index (κ3) is 6.45. The minimum atomic E-state index is -0.969. The van der Waals surface area contributed by atoms with Gasteiger partial charge in [0.1, 0.15) is 0 Å². The van der Waals surface area contributed by atoms with Crippen LogP contribution in [0.3, 0.4) is 0 Å². The average molecular weight is 193 g/mol. The molecular formula is C7H15NO3S. The quantitative estimate of drug-likeness (QED) is 0.548. The predicted octanol–water partition coefficient (Wildman–Crippen LogP) is -0.0976. The van der Waals surface area contributed by atoms with E-state index in [4.69, 9.17) is 15.9 Å². The topological polar surface area (TPSA) is 83.5 Å². The largest absolute Gasteiger partial charge is 0.481 e. The number of aliphatic hydroxyl groups excluding tert-OH is 1. The summed E-state index contributed by atoms with van der Waals surface area (Å²) in [7, 11) is 0. The predicted molar refractivity (Wildman–Crippen MR) is 49.2 cm³/mol. The van der Waals surface area contributed by atoms with Crippen molar-refractivity contribution in [1.82, 2.24) is 0 Å². The van der Waals surface area contributed by atoms with E-state index in [1.54, 1.807) is 0 Å². The van der Waals surface area contributed by atoms with Gasteiger partial charge in [-0.1, -0.05) is 6.92 Å². The lowest BCUT2D eigenvalue weighted by atomic mass is 10.3. The van der Waals surface area contributed by atoms with Gasteiger partial charge in [-0.15, -0.1) is 0 Å². The molecule has 0 aliphatic heterocycles. The summed E-state index contributed by atoms with van der Waals surface area (Å²) in [6, 6.07) is 0.